The summed E-state index contributed by atoms with van der Waals surface area (Å²) in [6, 6.07) is 5.75. The molecule has 0 bridgehead atoms. The topological polar surface area (TPSA) is 109 Å². The van der Waals surface area contributed by atoms with E-state index in [4.69, 9.17) is 14.2 Å². The number of amides is 2. The molecule has 0 spiro atoms. The number of halogens is 1. The number of rotatable bonds is 6. The van der Waals surface area contributed by atoms with E-state index in [2.05, 4.69) is 0 Å². The van der Waals surface area contributed by atoms with Gasteiger partial charge in [-0.15, -0.1) is 0 Å². The fourth-order valence-corrected chi connectivity index (χ4v) is 4.85. The van der Waals surface area contributed by atoms with Gasteiger partial charge in [0, 0.05) is 58.5 Å². The Morgan fingerprint density at radius 2 is 1.74 bits per heavy atom. The Kier molecular flexibility index (Phi) is 13.1. The van der Waals surface area contributed by atoms with Crippen molar-refractivity contribution in [2.24, 2.45) is 11.8 Å². The third-order valence-electron chi connectivity index (χ3n) is 7.37. The van der Waals surface area contributed by atoms with Crippen LogP contribution in [-0.2, 0) is 19.0 Å². The monoisotopic (exact) mass is 552 g/mol. The Labute approximate surface area is 231 Å². The highest BCUT2D eigenvalue weighted by Gasteiger charge is 2.33. The molecule has 3 rings (SSSR count). The molecule has 2 aliphatic heterocycles. The molecular formula is C29H45FN2O7. The molecule has 2 amide bonds. The average Bonchev–Trinajstić information content (AvgIpc) is 2.93. The summed E-state index contributed by atoms with van der Waals surface area (Å²) in [4.78, 5) is 30.2. The summed E-state index contributed by atoms with van der Waals surface area (Å²) in [6.07, 6.45) is -0.0591. The molecule has 2 aliphatic rings. The maximum absolute atomic E-state index is 14.7. The van der Waals surface area contributed by atoms with E-state index >= 15 is 0 Å². The Morgan fingerprint density at radius 3 is 2.46 bits per heavy atom. The van der Waals surface area contributed by atoms with Gasteiger partial charge >= 0.3 is 0 Å². The van der Waals surface area contributed by atoms with Gasteiger partial charge in [-0.1, -0.05) is 26.0 Å². The SMILES string of the molecule is CC(C)CCO[C@@H]1CN(C(=O)c2ccccc2F)CCN(C(=O)C2CCOCC2)CCCCOC[C@@H](O)[C@H]1O. The predicted molar refractivity (Wildman–Crippen MR) is 144 cm³/mol. The van der Waals surface area contributed by atoms with Crippen LogP contribution in [0.5, 0.6) is 0 Å². The number of benzene rings is 1. The van der Waals surface area contributed by atoms with Crippen LogP contribution in [-0.4, -0.2) is 109 Å². The van der Waals surface area contributed by atoms with E-state index in [0.29, 0.717) is 64.6 Å². The molecule has 39 heavy (non-hydrogen) atoms. The lowest BCUT2D eigenvalue weighted by Crippen LogP contribution is -2.51. The largest absolute Gasteiger partial charge is 0.388 e. The molecule has 0 aromatic heterocycles. The van der Waals surface area contributed by atoms with E-state index in [1.54, 1.807) is 11.0 Å². The van der Waals surface area contributed by atoms with Gasteiger partial charge in [0.05, 0.1) is 12.2 Å². The molecule has 0 saturated carbocycles. The maximum Gasteiger partial charge on any atom is 0.256 e. The second-order valence-corrected chi connectivity index (χ2v) is 10.9. The van der Waals surface area contributed by atoms with Gasteiger partial charge < -0.3 is 34.2 Å². The van der Waals surface area contributed by atoms with Crippen LogP contribution in [0.1, 0.15) is 56.3 Å². The quantitative estimate of drug-likeness (QED) is 0.558. The van der Waals surface area contributed by atoms with Crippen LogP contribution in [0.25, 0.3) is 0 Å². The fraction of sp³-hybridized carbons (Fsp3) is 0.724. The molecule has 3 atom stereocenters. The van der Waals surface area contributed by atoms with Crippen molar-refractivity contribution in [1.82, 2.24) is 9.80 Å². The molecular weight excluding hydrogens is 507 g/mol. The molecule has 9 nitrogen and oxygen atoms in total. The Bertz CT molecular complexity index is 896. The summed E-state index contributed by atoms with van der Waals surface area (Å²) in [6.45, 7) is 6.63. The molecule has 2 fully saturated rings. The van der Waals surface area contributed by atoms with Crippen LogP contribution in [0.2, 0.25) is 0 Å². The number of ether oxygens (including phenoxy) is 3. The Hall–Kier alpha value is -2.11. The first-order valence-corrected chi connectivity index (χ1v) is 14.2. The van der Waals surface area contributed by atoms with Crippen molar-refractivity contribution in [2.45, 2.75) is 64.3 Å². The van der Waals surface area contributed by atoms with Gasteiger partial charge in [-0.3, -0.25) is 9.59 Å². The summed E-state index contributed by atoms with van der Waals surface area (Å²) < 4.78 is 31.7. The maximum atomic E-state index is 14.7. The zero-order valence-corrected chi connectivity index (χ0v) is 23.3. The third kappa shape index (κ3) is 9.79. The summed E-state index contributed by atoms with van der Waals surface area (Å²) in [5, 5.41) is 21.6. The minimum atomic E-state index is -1.32. The second kappa shape index (κ2) is 16.2. The van der Waals surface area contributed by atoms with Crippen LogP contribution in [0.4, 0.5) is 4.39 Å². The predicted octanol–water partition coefficient (Wildman–Crippen LogP) is 2.49. The van der Waals surface area contributed by atoms with Crippen molar-refractivity contribution >= 4 is 11.8 Å². The van der Waals surface area contributed by atoms with Gasteiger partial charge in [0.2, 0.25) is 5.91 Å². The molecule has 0 unspecified atom stereocenters. The lowest BCUT2D eigenvalue weighted by molar-refractivity contribution is -0.139. The van der Waals surface area contributed by atoms with E-state index < -0.39 is 30.0 Å². The lowest BCUT2D eigenvalue weighted by Gasteiger charge is -2.35. The molecule has 1 aromatic carbocycles. The van der Waals surface area contributed by atoms with Gasteiger partial charge in [0.15, 0.2) is 0 Å². The van der Waals surface area contributed by atoms with Crippen molar-refractivity contribution in [1.29, 1.82) is 0 Å². The van der Waals surface area contributed by atoms with Gasteiger partial charge in [-0.25, -0.2) is 4.39 Å². The first-order valence-electron chi connectivity index (χ1n) is 14.2. The minimum Gasteiger partial charge on any atom is -0.388 e. The highest BCUT2D eigenvalue weighted by Crippen LogP contribution is 2.20. The van der Waals surface area contributed by atoms with Crippen LogP contribution in [0, 0.1) is 17.7 Å². The number of hydrogen-bond acceptors (Lipinski definition) is 7. The number of carbonyl (C=O) groups excluding carboxylic acids is 2. The zero-order valence-electron chi connectivity index (χ0n) is 23.3. The molecule has 10 heteroatoms. The van der Waals surface area contributed by atoms with Crippen molar-refractivity contribution in [3.8, 4) is 0 Å². The number of hydrogen-bond donors (Lipinski definition) is 2. The molecule has 2 saturated heterocycles. The van der Waals surface area contributed by atoms with Crippen molar-refractivity contribution < 1.29 is 38.4 Å². The molecule has 2 N–H and O–H groups in total. The van der Waals surface area contributed by atoms with E-state index in [0.717, 1.165) is 6.42 Å². The Balaban J connectivity index is 1.87. The van der Waals surface area contributed by atoms with Crippen LogP contribution in [0.3, 0.4) is 0 Å². The normalized spacial score (nSPS) is 24.9. The van der Waals surface area contributed by atoms with E-state index in [1.807, 2.05) is 13.8 Å². The number of carbonyl (C=O) groups is 2. The first kappa shape index (κ1) is 31.4. The average molecular weight is 553 g/mol. The molecule has 0 aliphatic carbocycles. The Morgan fingerprint density at radius 1 is 1.03 bits per heavy atom. The number of aliphatic hydroxyl groups is 2. The third-order valence-corrected chi connectivity index (χ3v) is 7.37. The summed E-state index contributed by atoms with van der Waals surface area (Å²) >= 11 is 0. The van der Waals surface area contributed by atoms with Crippen LogP contribution >= 0.6 is 0 Å². The summed E-state index contributed by atoms with van der Waals surface area (Å²) in [5.41, 5.74) is -0.0970. The highest BCUT2D eigenvalue weighted by atomic mass is 19.1. The fourth-order valence-electron chi connectivity index (χ4n) is 4.85. The standard InChI is InChI=1S/C29H45FN2O7/c1-21(2)9-18-39-26-19-32(29(36)23-7-3-4-8-24(23)30)14-13-31(28(35)22-10-16-37-17-11-22)12-5-6-15-38-20-25(33)27(26)34/h3-4,7-8,21-22,25-27,33-34H,5-6,9-20H2,1-2H3/t25-,26-,27-/m1/s1. The first-order chi connectivity index (χ1) is 18.8. The van der Waals surface area contributed by atoms with Crippen molar-refractivity contribution in [3.05, 3.63) is 35.6 Å². The van der Waals surface area contributed by atoms with E-state index in [-0.39, 0.29) is 43.6 Å². The number of nitrogens with zero attached hydrogens (tertiary/aromatic N) is 2. The van der Waals surface area contributed by atoms with Gasteiger partial charge in [-0.05, 0) is 50.2 Å². The lowest BCUT2D eigenvalue weighted by atomic mass is 9.98. The van der Waals surface area contributed by atoms with Crippen LogP contribution < -0.4 is 0 Å². The van der Waals surface area contributed by atoms with E-state index in [9.17, 15) is 24.2 Å². The smallest absolute Gasteiger partial charge is 0.256 e. The minimum absolute atomic E-state index is 0.0322. The van der Waals surface area contributed by atoms with Gasteiger partial charge in [0.1, 0.15) is 24.1 Å². The van der Waals surface area contributed by atoms with E-state index in [1.165, 1.54) is 23.1 Å². The molecule has 0 radical (unpaired) electrons. The zero-order chi connectivity index (χ0) is 28.2. The second-order valence-electron chi connectivity index (χ2n) is 10.9. The van der Waals surface area contributed by atoms with Gasteiger partial charge in [-0.2, -0.15) is 0 Å². The molecule has 220 valence electrons. The summed E-state index contributed by atoms with van der Waals surface area (Å²) in [5.74, 6) is -0.953. The van der Waals surface area contributed by atoms with Crippen LogP contribution in [0.15, 0.2) is 24.3 Å². The van der Waals surface area contributed by atoms with Crippen molar-refractivity contribution in [2.75, 3.05) is 59.2 Å². The molecule has 2 heterocycles. The molecule has 1 aromatic rings. The van der Waals surface area contributed by atoms with Gasteiger partial charge in [0.25, 0.3) is 5.91 Å². The number of aliphatic hydroxyl groups excluding tert-OH is 2. The highest BCUT2D eigenvalue weighted by molar-refractivity contribution is 5.94. The summed E-state index contributed by atoms with van der Waals surface area (Å²) in [7, 11) is 0. The van der Waals surface area contributed by atoms with Crippen molar-refractivity contribution in [3.63, 3.8) is 0 Å².